The molecule has 1 N–H and O–H groups in total. The average molecular weight is 244 g/mol. The molecule has 0 atom stereocenters. The first-order valence-electron chi connectivity index (χ1n) is 5.48. The van der Waals surface area contributed by atoms with E-state index in [1.54, 1.807) is 0 Å². The summed E-state index contributed by atoms with van der Waals surface area (Å²) in [5.74, 6) is -1.23. The largest absolute Gasteiger partial charge is 0.427 e. The van der Waals surface area contributed by atoms with Gasteiger partial charge in [0.2, 0.25) is 8.32 Å². The third kappa shape index (κ3) is 2.18. The maximum Gasteiger partial charge on any atom is 0.228 e. The minimum absolute atomic E-state index is 0.00698. The number of hydrogen-bond donors (Lipinski definition) is 1. The molecule has 0 fully saturated rings. The Bertz CT molecular complexity index is 369. The quantitative estimate of drug-likeness (QED) is 0.811. The Labute approximate surface area is 96.3 Å². The van der Waals surface area contributed by atoms with E-state index >= 15 is 0 Å². The van der Waals surface area contributed by atoms with Crippen LogP contribution in [-0.2, 0) is 0 Å². The van der Waals surface area contributed by atoms with E-state index in [9.17, 15) is 13.6 Å². The monoisotopic (exact) mass is 244 g/mol. The molecule has 0 aliphatic carbocycles. The smallest absolute Gasteiger partial charge is 0.228 e. The van der Waals surface area contributed by atoms with Crippen LogP contribution in [0.15, 0.2) is 18.2 Å². The minimum Gasteiger partial charge on any atom is -0.427 e. The normalized spacial score (nSPS) is 12.6. The van der Waals surface area contributed by atoms with Gasteiger partial charge in [0.05, 0.1) is 0 Å². The third-order valence-electron chi connectivity index (χ3n) is 3.12. The van der Waals surface area contributed by atoms with Gasteiger partial charge in [-0.25, -0.2) is 8.78 Å². The number of halogens is 2. The van der Waals surface area contributed by atoms with E-state index in [1.807, 2.05) is 27.7 Å². The number of rotatable bonds is 3. The Kier molecular flexibility index (Phi) is 3.86. The van der Waals surface area contributed by atoms with E-state index in [1.165, 1.54) is 12.1 Å². The molecule has 0 aromatic heterocycles. The lowest BCUT2D eigenvalue weighted by Gasteiger charge is -2.33. The summed E-state index contributed by atoms with van der Waals surface area (Å²) in [7, 11) is -2.89. The zero-order valence-corrected chi connectivity index (χ0v) is 11.1. The second-order valence-corrected chi connectivity index (χ2v) is 9.26. The second-order valence-electron chi connectivity index (χ2n) is 4.76. The molecule has 0 spiro atoms. The van der Waals surface area contributed by atoms with Gasteiger partial charge in [-0.15, -0.1) is 0 Å². The van der Waals surface area contributed by atoms with Crippen molar-refractivity contribution in [3.63, 3.8) is 0 Å². The van der Waals surface area contributed by atoms with Gasteiger partial charge in [0, 0.05) is 11.3 Å². The van der Waals surface area contributed by atoms with Crippen LogP contribution in [0.2, 0.25) is 11.1 Å². The van der Waals surface area contributed by atoms with Crippen molar-refractivity contribution in [2.75, 3.05) is 0 Å². The van der Waals surface area contributed by atoms with Crippen LogP contribution in [0, 0.1) is 11.6 Å². The van der Waals surface area contributed by atoms with Gasteiger partial charge in [-0.3, -0.25) is 0 Å². The summed E-state index contributed by atoms with van der Waals surface area (Å²) >= 11 is 0. The van der Waals surface area contributed by atoms with Crippen molar-refractivity contribution in [2.45, 2.75) is 38.8 Å². The maximum atomic E-state index is 13.7. The highest BCUT2D eigenvalue weighted by Crippen LogP contribution is 2.30. The highest BCUT2D eigenvalue weighted by atomic mass is 28.4. The van der Waals surface area contributed by atoms with Gasteiger partial charge in [0.15, 0.2) is 0 Å². The summed E-state index contributed by atoms with van der Waals surface area (Å²) in [6, 6.07) is 3.44. The highest BCUT2D eigenvalue weighted by molar-refractivity contribution is 6.87. The lowest BCUT2D eigenvalue weighted by molar-refractivity contribution is 0.506. The van der Waals surface area contributed by atoms with Crippen molar-refractivity contribution in [1.82, 2.24) is 0 Å². The van der Waals surface area contributed by atoms with Crippen LogP contribution in [0.4, 0.5) is 8.78 Å². The van der Waals surface area contributed by atoms with Crippen LogP contribution in [0.25, 0.3) is 0 Å². The minimum atomic E-state index is -2.89. The van der Waals surface area contributed by atoms with E-state index in [-0.39, 0.29) is 11.1 Å². The number of hydrogen-bond acceptors (Lipinski definition) is 1. The number of benzene rings is 1. The van der Waals surface area contributed by atoms with Crippen LogP contribution in [0.1, 0.15) is 27.7 Å². The Morgan fingerprint density at radius 1 is 1.06 bits per heavy atom. The van der Waals surface area contributed by atoms with E-state index < -0.39 is 20.0 Å². The molecule has 0 saturated heterocycles. The second kappa shape index (κ2) is 4.63. The molecule has 0 aliphatic heterocycles. The molecule has 0 bridgehead atoms. The molecule has 0 unspecified atom stereocenters. The van der Waals surface area contributed by atoms with Crippen molar-refractivity contribution in [2.24, 2.45) is 0 Å². The third-order valence-corrected chi connectivity index (χ3v) is 7.91. The standard InChI is InChI=1S/C12H18F2OSi/c1-8(2)16(15,9(3)4)12-6-5-10(13)7-11(12)14/h5-9,15H,1-4H3. The summed E-state index contributed by atoms with van der Waals surface area (Å²) < 4.78 is 26.5. The molecule has 0 radical (unpaired) electrons. The van der Waals surface area contributed by atoms with Crippen LogP contribution in [0.5, 0.6) is 0 Å². The van der Waals surface area contributed by atoms with Gasteiger partial charge < -0.3 is 4.80 Å². The van der Waals surface area contributed by atoms with Crippen molar-refractivity contribution in [3.05, 3.63) is 29.8 Å². The van der Waals surface area contributed by atoms with Crippen molar-refractivity contribution in [1.29, 1.82) is 0 Å². The average Bonchev–Trinajstić information content (AvgIpc) is 2.15. The van der Waals surface area contributed by atoms with Crippen LogP contribution in [0.3, 0.4) is 0 Å². The molecule has 1 aromatic rings. The van der Waals surface area contributed by atoms with Crippen molar-refractivity contribution < 1.29 is 13.6 Å². The van der Waals surface area contributed by atoms with E-state index in [4.69, 9.17) is 0 Å². The van der Waals surface area contributed by atoms with Crippen molar-refractivity contribution >= 4 is 13.5 Å². The van der Waals surface area contributed by atoms with E-state index in [2.05, 4.69) is 0 Å². The van der Waals surface area contributed by atoms with Crippen LogP contribution < -0.4 is 5.19 Å². The first kappa shape index (κ1) is 13.3. The molecule has 1 aromatic carbocycles. The summed E-state index contributed by atoms with van der Waals surface area (Å²) in [5, 5.41) is 0.305. The summed E-state index contributed by atoms with van der Waals surface area (Å²) in [6.07, 6.45) is 0. The topological polar surface area (TPSA) is 20.2 Å². The zero-order chi connectivity index (χ0) is 12.5. The Morgan fingerprint density at radius 3 is 1.94 bits per heavy atom. The summed E-state index contributed by atoms with van der Waals surface area (Å²) in [4.78, 5) is 10.7. The van der Waals surface area contributed by atoms with Crippen LogP contribution in [-0.4, -0.2) is 13.1 Å². The predicted octanol–water partition coefficient (Wildman–Crippen LogP) is 2.93. The van der Waals surface area contributed by atoms with Gasteiger partial charge in [-0.05, 0) is 17.1 Å². The fraction of sp³-hybridized carbons (Fsp3) is 0.500. The molecule has 1 nitrogen and oxygen atoms in total. The molecular formula is C12H18F2OSi. The SMILES string of the molecule is CC(C)[Si](O)(c1ccc(F)cc1F)C(C)C. The molecule has 1 rings (SSSR count). The first-order valence-corrected chi connectivity index (χ1v) is 7.58. The van der Waals surface area contributed by atoms with Crippen LogP contribution >= 0.6 is 0 Å². The summed E-state index contributed by atoms with van der Waals surface area (Å²) in [6.45, 7) is 7.54. The Balaban J connectivity index is 3.33. The molecule has 0 amide bonds. The lowest BCUT2D eigenvalue weighted by atomic mass is 10.3. The molecule has 4 heteroatoms. The predicted molar refractivity (Wildman–Crippen MR) is 64.2 cm³/mol. The zero-order valence-electron chi connectivity index (χ0n) is 10.1. The van der Waals surface area contributed by atoms with Gasteiger partial charge in [-0.2, -0.15) is 0 Å². The fourth-order valence-corrected chi connectivity index (χ4v) is 5.49. The first-order chi connectivity index (χ1) is 7.30. The summed E-state index contributed by atoms with van der Waals surface area (Å²) in [5.41, 5.74) is -0.0140. The molecule has 16 heavy (non-hydrogen) atoms. The molecule has 90 valence electrons. The van der Waals surface area contributed by atoms with Gasteiger partial charge in [0.1, 0.15) is 11.6 Å². The molecule has 0 aliphatic rings. The Morgan fingerprint density at radius 2 is 1.56 bits per heavy atom. The van der Waals surface area contributed by atoms with Gasteiger partial charge in [-0.1, -0.05) is 33.8 Å². The van der Waals surface area contributed by atoms with Gasteiger partial charge >= 0.3 is 0 Å². The molecule has 0 saturated carbocycles. The Hall–Kier alpha value is -0.743. The van der Waals surface area contributed by atoms with Crippen molar-refractivity contribution in [3.8, 4) is 0 Å². The lowest BCUT2D eigenvalue weighted by Crippen LogP contribution is -2.54. The molecular weight excluding hydrogens is 226 g/mol. The van der Waals surface area contributed by atoms with Gasteiger partial charge in [0.25, 0.3) is 0 Å². The maximum absolute atomic E-state index is 13.7. The van der Waals surface area contributed by atoms with E-state index in [0.717, 1.165) is 6.07 Å². The highest BCUT2D eigenvalue weighted by Gasteiger charge is 2.42. The molecule has 0 heterocycles. The fourth-order valence-electron chi connectivity index (χ4n) is 2.10. The van der Waals surface area contributed by atoms with E-state index in [0.29, 0.717) is 5.19 Å².